The van der Waals surface area contributed by atoms with Gasteiger partial charge in [-0.25, -0.2) is 0 Å². The Balaban J connectivity index is 1.92. The molecule has 13 atom stereocenters. The van der Waals surface area contributed by atoms with Gasteiger partial charge in [0, 0.05) is 50.8 Å². The van der Waals surface area contributed by atoms with Crippen molar-refractivity contribution in [3.8, 4) is 0 Å². The molecule has 1 fully saturated rings. The van der Waals surface area contributed by atoms with Crippen molar-refractivity contribution in [2.75, 3.05) is 50.8 Å². The zero-order valence-electron chi connectivity index (χ0n) is 65.4. The molecule has 3 aromatic rings. The number of hydrogen-bond acceptors (Lipinski definition) is 20. The van der Waals surface area contributed by atoms with Crippen LogP contribution < -0.4 is 104 Å². The highest BCUT2D eigenvalue weighted by molar-refractivity contribution is 8.00. The van der Waals surface area contributed by atoms with Crippen LogP contribution >= 0.6 is 11.8 Å². The van der Waals surface area contributed by atoms with Gasteiger partial charge >= 0.3 is 5.97 Å². The highest BCUT2D eigenvalue weighted by Gasteiger charge is 2.39. The van der Waals surface area contributed by atoms with E-state index in [1.807, 2.05) is 44.2 Å². The predicted octanol–water partition coefficient (Wildman–Crippen LogP) is -3.51. The summed E-state index contributed by atoms with van der Waals surface area (Å²) in [5.41, 5.74) is 34.0. The molecular weight excluding hydrogens is 1480 g/mol. The molecule has 26 N–H and O–H groups in total. The third kappa shape index (κ3) is 35.6. The summed E-state index contributed by atoms with van der Waals surface area (Å²) in [7, 11) is 0. The van der Waals surface area contributed by atoms with Crippen molar-refractivity contribution in [2.45, 2.75) is 198 Å². The zero-order valence-corrected chi connectivity index (χ0v) is 66.2. The number of nitrogens with one attached hydrogen (secondary N) is 13. The molecule has 0 unspecified atom stereocenters. The first-order valence-electron chi connectivity index (χ1n) is 37.9. The number of carboxylic acid groups (broad SMARTS) is 1. The zero-order chi connectivity index (χ0) is 83.7. The van der Waals surface area contributed by atoms with Crippen molar-refractivity contribution in [3.05, 3.63) is 108 Å². The van der Waals surface area contributed by atoms with Gasteiger partial charge in [-0.2, -0.15) is 0 Å². The summed E-state index contributed by atoms with van der Waals surface area (Å²) in [5.74, 6) is -14.8. The van der Waals surface area contributed by atoms with Gasteiger partial charge in [-0.15, -0.1) is 11.8 Å². The van der Waals surface area contributed by atoms with Crippen LogP contribution in [0.1, 0.15) is 123 Å². The van der Waals surface area contributed by atoms with Crippen LogP contribution in [-0.2, 0) is 86.4 Å². The van der Waals surface area contributed by atoms with Gasteiger partial charge in [0.05, 0.1) is 30.8 Å². The summed E-state index contributed by atoms with van der Waals surface area (Å²) in [4.78, 5) is 207. The molecule has 0 aliphatic carbocycles. The van der Waals surface area contributed by atoms with E-state index in [0.29, 0.717) is 23.8 Å². The lowest BCUT2D eigenvalue weighted by molar-refractivity contribution is -0.141. The van der Waals surface area contributed by atoms with Crippen LogP contribution in [0, 0.1) is 17.8 Å². The number of nitrogens with two attached hydrogens (primary N) is 6. The second-order valence-corrected chi connectivity index (χ2v) is 30.0. The van der Waals surface area contributed by atoms with E-state index in [9.17, 15) is 72.2 Å². The van der Waals surface area contributed by atoms with Gasteiger partial charge in [0.25, 0.3) is 0 Å². The third-order valence-electron chi connectivity index (χ3n) is 18.3. The number of benzene rings is 3. The summed E-state index contributed by atoms with van der Waals surface area (Å²) in [5, 5.41) is 46.1. The van der Waals surface area contributed by atoms with E-state index in [4.69, 9.17) is 34.4 Å². The molecule has 1 aliphatic rings. The molecule has 1 aliphatic heterocycles. The fourth-order valence-electron chi connectivity index (χ4n) is 12.0. The van der Waals surface area contributed by atoms with Crippen LogP contribution in [0.3, 0.4) is 0 Å². The average molecular weight is 1600 g/mol. The number of thioether (sulfide) groups is 1. The average Bonchev–Trinajstić information content (AvgIpc) is 0.846. The second kappa shape index (κ2) is 49.6. The highest BCUT2D eigenvalue weighted by Crippen LogP contribution is 2.17. The van der Waals surface area contributed by atoms with E-state index in [2.05, 4.69) is 79.1 Å². The monoisotopic (exact) mass is 1600 g/mol. The number of carbonyl (C=O) groups excluding carboxylic acids is 13. The quantitative estimate of drug-likeness (QED) is 0.0145. The molecular formula is C76H117N21O15S. The first kappa shape index (κ1) is 94.6. The lowest BCUT2D eigenvalue weighted by Crippen LogP contribution is -2.63. The Morgan fingerprint density at radius 2 is 1.00 bits per heavy atom. The number of carbonyl (C=O) groups is 14. The number of guanidine groups is 2. The molecule has 622 valence electrons. The topological polar surface area (TPSA) is 596 Å². The van der Waals surface area contributed by atoms with Crippen LogP contribution in [0.5, 0.6) is 0 Å². The van der Waals surface area contributed by atoms with Crippen LogP contribution in [0.25, 0.3) is 0 Å². The smallest absolute Gasteiger partial charge is 0.305 e. The molecule has 3 aromatic carbocycles. The first-order chi connectivity index (χ1) is 53.6. The number of hydrogen-bond donors (Lipinski definition) is 20. The summed E-state index contributed by atoms with van der Waals surface area (Å²) < 4.78 is 0. The molecule has 113 heavy (non-hydrogen) atoms. The standard InChI is InChI=1S/C76H117N21O15S/c1-8-46(6)63-73(112)91-52(28-19-31-83-74(79)80)65(104)93-57(37-61(101)102)70(109)90-53(29-20-32-84-75(81)82)67(106)96-62(45(4)5)72(111)94-55(35-48-23-14-10-15-24-48)69(108)89-51(27-18-30-77)66(105)95-58(64(103)86-39-59(78)99)40-113-41-60(100)88-50(34-47-21-12-9-13-22-47)38-85-54(33-44(2)3)68(107)92-56(36-49-25-16-11-17-26-49)71(110)97-76(7,43-98)42-87-63/h9-17,21-26,43-46,50-58,62-63,85,87H,8,18-20,27-42,77H2,1-7H3,(H2,78,99)(H,86,103)(H,88,100)(H,89,108)(H,90,109)(H,91,112)(H,92,107)(H,93,104)(H,94,111)(H,95,105)(H,96,106)(H,97,110)(H,101,102)(H4,79,80,83)(H4,81,82,84)/t46-,50-,51-,52-,53-,54-,55-,56-,57-,58-,62-,63-,76-/m0/s1. The lowest BCUT2D eigenvalue weighted by atomic mass is 9.95. The SMILES string of the molecule is CC[C@H](C)[C@@H]1NC[C@@](C)(C=O)NC(=O)[C@H](Cc2ccccc2)NC(=O)[C@H](CC(C)C)NC[C@H](Cc2ccccc2)NC(=O)CSC[C@@H](C(=O)NCC(N)=O)NC(=O)[C@H](CCCN)NC(=O)[C@H](Cc2ccccc2)NC(=O)[C@H](C(C)C)NC(=O)[C@H](CCCN=C(N)N)NC(=O)[C@H](CC(=O)O)NC(=O)[C@H](CCCN=C(N)N)NC1=O. The van der Waals surface area contributed by atoms with E-state index in [1.54, 1.807) is 88.4 Å². The van der Waals surface area contributed by atoms with E-state index >= 15 is 0 Å². The van der Waals surface area contributed by atoms with Gasteiger partial charge in [0.15, 0.2) is 11.9 Å². The third-order valence-corrected chi connectivity index (χ3v) is 19.4. The minimum Gasteiger partial charge on any atom is -0.481 e. The van der Waals surface area contributed by atoms with Crippen molar-refractivity contribution < 1.29 is 72.2 Å². The molecule has 36 nitrogen and oxygen atoms in total. The Hall–Kier alpha value is -10.8. The first-order valence-corrected chi connectivity index (χ1v) is 39.1. The van der Waals surface area contributed by atoms with Gasteiger partial charge in [0.1, 0.15) is 60.2 Å². The van der Waals surface area contributed by atoms with Crippen LogP contribution in [0.4, 0.5) is 0 Å². The molecule has 12 amide bonds. The highest BCUT2D eigenvalue weighted by atomic mass is 32.2. The molecule has 4 rings (SSSR count). The van der Waals surface area contributed by atoms with Crippen LogP contribution in [-0.4, -0.2) is 223 Å². The van der Waals surface area contributed by atoms with Crippen LogP contribution in [0.2, 0.25) is 0 Å². The Morgan fingerprint density at radius 1 is 0.558 bits per heavy atom. The predicted molar refractivity (Wildman–Crippen MR) is 428 cm³/mol. The maximum atomic E-state index is 14.8. The molecule has 0 saturated carbocycles. The number of nitrogens with zero attached hydrogens (tertiary/aromatic N) is 2. The maximum absolute atomic E-state index is 14.8. The molecule has 0 spiro atoms. The number of aldehydes is 1. The van der Waals surface area contributed by atoms with Gasteiger partial charge in [0.2, 0.25) is 70.9 Å². The maximum Gasteiger partial charge on any atom is 0.305 e. The summed E-state index contributed by atoms with van der Waals surface area (Å²) in [6.45, 7) is 10.6. The fraction of sp³-hybridized carbons (Fsp3) is 0.553. The van der Waals surface area contributed by atoms with Crippen molar-refractivity contribution in [3.63, 3.8) is 0 Å². The number of rotatable bonds is 28. The van der Waals surface area contributed by atoms with Gasteiger partial charge in [-0.1, -0.05) is 139 Å². The molecule has 0 bridgehead atoms. The number of primary amides is 1. The second-order valence-electron chi connectivity index (χ2n) is 29.0. The van der Waals surface area contributed by atoms with Gasteiger partial charge in [-0.05, 0) is 99.3 Å². The Labute approximate surface area is 663 Å². The van der Waals surface area contributed by atoms with E-state index in [0.717, 1.165) is 17.3 Å². The summed E-state index contributed by atoms with van der Waals surface area (Å²) in [6.07, 6.45) is -0.487. The lowest BCUT2D eigenvalue weighted by Gasteiger charge is -2.33. The summed E-state index contributed by atoms with van der Waals surface area (Å²) in [6, 6.07) is 11.0. The van der Waals surface area contributed by atoms with Gasteiger partial charge in [-0.3, -0.25) is 72.3 Å². The number of aliphatic carboxylic acids is 1. The van der Waals surface area contributed by atoms with Crippen molar-refractivity contribution >= 4 is 107 Å². The van der Waals surface area contributed by atoms with E-state index < -0.39 is 180 Å². The summed E-state index contributed by atoms with van der Waals surface area (Å²) >= 11 is 0.935. The van der Waals surface area contributed by atoms with Crippen molar-refractivity contribution in [2.24, 2.45) is 62.1 Å². The van der Waals surface area contributed by atoms with Crippen molar-refractivity contribution in [1.29, 1.82) is 0 Å². The van der Waals surface area contributed by atoms with E-state index in [1.165, 1.54) is 6.92 Å². The van der Waals surface area contributed by atoms with E-state index in [-0.39, 0.29) is 120 Å². The molecule has 1 heterocycles. The number of aliphatic imine (C=N–C) groups is 2. The number of amides is 12. The normalized spacial score (nSPS) is 24.1. The molecule has 0 radical (unpaired) electrons. The Kier molecular flexibility index (Phi) is 41.5. The minimum absolute atomic E-state index is 0.00378. The molecule has 0 aromatic heterocycles. The Morgan fingerprint density at radius 3 is 1.49 bits per heavy atom. The Bertz CT molecular complexity index is 3690. The largest absolute Gasteiger partial charge is 0.481 e. The minimum atomic E-state index is -1.96. The number of carboxylic acids is 1. The van der Waals surface area contributed by atoms with Crippen molar-refractivity contribution in [1.82, 2.24) is 69.1 Å². The van der Waals surface area contributed by atoms with Crippen LogP contribution in [0.15, 0.2) is 101 Å². The van der Waals surface area contributed by atoms with Gasteiger partial charge < -0.3 is 113 Å². The molecule has 37 heteroatoms. The molecule has 1 saturated heterocycles. The fourth-order valence-corrected chi connectivity index (χ4v) is 12.9.